The molecule has 2 aromatic rings. The number of rotatable bonds is 6. The molecule has 0 aliphatic carbocycles. The van der Waals surface area contributed by atoms with Gasteiger partial charge < -0.3 is 4.74 Å². The van der Waals surface area contributed by atoms with E-state index in [1.807, 2.05) is 18.2 Å². The highest BCUT2D eigenvalue weighted by Gasteiger charge is 2.27. The molecule has 2 N–H and O–H groups in total. The van der Waals surface area contributed by atoms with Crippen LogP contribution in [-0.4, -0.2) is 44.2 Å². The first kappa shape index (κ1) is 23.7. The largest absolute Gasteiger partial charge is 0.483 e. The lowest BCUT2D eigenvalue weighted by Crippen LogP contribution is -2.43. The molecule has 1 aliphatic rings. The number of benzene rings is 2. The highest BCUT2D eigenvalue weighted by molar-refractivity contribution is 7.89. The van der Waals surface area contributed by atoms with Gasteiger partial charge in [0, 0.05) is 18.7 Å². The van der Waals surface area contributed by atoms with Gasteiger partial charge in [-0.1, -0.05) is 39.0 Å². The lowest BCUT2D eigenvalue weighted by Gasteiger charge is -2.22. The fraction of sp³-hybridized carbons (Fsp3) is 0.391. The number of carbonyl (C=O) groups excluding carboxylic acids is 2. The van der Waals surface area contributed by atoms with Gasteiger partial charge in [0.1, 0.15) is 5.75 Å². The molecule has 1 fully saturated rings. The third kappa shape index (κ3) is 5.66. The molecular formula is C23H29N3O5S. The number of hydrogen-bond acceptors (Lipinski definition) is 5. The van der Waals surface area contributed by atoms with Crippen molar-refractivity contribution in [1.82, 2.24) is 15.2 Å². The maximum absolute atomic E-state index is 12.6. The SMILES string of the molecule is CC(C)(C)c1ccccc1OCC(=O)NNC(=O)c1ccc(S(=O)(=O)N2CCCC2)cc1. The van der Waals surface area contributed by atoms with Crippen molar-refractivity contribution in [3.8, 4) is 5.75 Å². The van der Waals surface area contributed by atoms with Crippen LogP contribution in [-0.2, 0) is 20.2 Å². The zero-order chi connectivity index (χ0) is 23.4. The van der Waals surface area contributed by atoms with E-state index in [0.29, 0.717) is 18.8 Å². The van der Waals surface area contributed by atoms with Gasteiger partial charge in [0.15, 0.2) is 6.61 Å². The molecule has 8 nitrogen and oxygen atoms in total. The standard InChI is InChI=1S/C23H29N3O5S/c1-23(2,3)19-8-4-5-9-20(19)31-16-21(27)24-25-22(28)17-10-12-18(13-11-17)32(29,30)26-14-6-7-15-26/h4-5,8-13H,6-7,14-16H2,1-3H3,(H,24,27)(H,25,28). The van der Waals surface area contributed by atoms with Crippen LogP contribution in [0.15, 0.2) is 53.4 Å². The smallest absolute Gasteiger partial charge is 0.276 e. The van der Waals surface area contributed by atoms with Gasteiger partial charge in [-0.05, 0) is 54.2 Å². The van der Waals surface area contributed by atoms with E-state index >= 15 is 0 Å². The molecule has 32 heavy (non-hydrogen) atoms. The summed E-state index contributed by atoms with van der Waals surface area (Å²) in [6.45, 7) is 6.92. The average Bonchev–Trinajstić information content (AvgIpc) is 3.31. The number of nitrogens with zero attached hydrogens (tertiary/aromatic N) is 1. The van der Waals surface area contributed by atoms with Crippen molar-refractivity contribution < 1.29 is 22.7 Å². The molecule has 2 amide bonds. The molecule has 3 rings (SSSR count). The Kier molecular flexibility index (Phi) is 7.20. The van der Waals surface area contributed by atoms with Crippen molar-refractivity contribution in [1.29, 1.82) is 0 Å². The molecule has 0 saturated carbocycles. The second-order valence-corrected chi connectivity index (χ2v) is 10.6. The molecule has 0 aromatic heterocycles. The topological polar surface area (TPSA) is 105 Å². The van der Waals surface area contributed by atoms with Crippen molar-refractivity contribution in [2.24, 2.45) is 0 Å². The summed E-state index contributed by atoms with van der Waals surface area (Å²) in [6.07, 6.45) is 1.70. The molecule has 9 heteroatoms. The second kappa shape index (κ2) is 9.70. The fourth-order valence-corrected chi connectivity index (χ4v) is 4.96. The van der Waals surface area contributed by atoms with E-state index in [2.05, 4.69) is 31.6 Å². The van der Waals surface area contributed by atoms with E-state index in [9.17, 15) is 18.0 Å². The molecule has 0 atom stereocenters. The molecule has 1 aliphatic heterocycles. The van der Waals surface area contributed by atoms with Gasteiger partial charge in [0.2, 0.25) is 10.0 Å². The zero-order valence-electron chi connectivity index (χ0n) is 18.6. The number of para-hydroxylation sites is 1. The van der Waals surface area contributed by atoms with Crippen LogP contribution in [0.1, 0.15) is 49.5 Å². The minimum atomic E-state index is -3.54. The van der Waals surface area contributed by atoms with E-state index < -0.39 is 21.8 Å². The molecule has 0 bridgehead atoms. The summed E-state index contributed by atoms with van der Waals surface area (Å²) in [5, 5.41) is 0. The van der Waals surface area contributed by atoms with Gasteiger partial charge in [0.05, 0.1) is 4.90 Å². The minimum Gasteiger partial charge on any atom is -0.483 e. The number of carbonyl (C=O) groups is 2. The molecule has 2 aromatic carbocycles. The second-order valence-electron chi connectivity index (χ2n) is 8.67. The summed E-state index contributed by atoms with van der Waals surface area (Å²) >= 11 is 0. The van der Waals surface area contributed by atoms with Crippen molar-refractivity contribution >= 4 is 21.8 Å². The Morgan fingerprint density at radius 3 is 2.22 bits per heavy atom. The van der Waals surface area contributed by atoms with Gasteiger partial charge in [-0.15, -0.1) is 0 Å². The highest BCUT2D eigenvalue weighted by Crippen LogP contribution is 2.30. The van der Waals surface area contributed by atoms with E-state index in [4.69, 9.17) is 4.74 Å². The van der Waals surface area contributed by atoms with Crippen LogP contribution in [0.2, 0.25) is 0 Å². The van der Waals surface area contributed by atoms with Crippen molar-refractivity contribution in [2.75, 3.05) is 19.7 Å². The number of hydrogen-bond donors (Lipinski definition) is 2. The van der Waals surface area contributed by atoms with Gasteiger partial charge in [-0.3, -0.25) is 20.4 Å². The third-order valence-electron chi connectivity index (χ3n) is 5.19. The molecule has 1 saturated heterocycles. The van der Waals surface area contributed by atoms with E-state index in [0.717, 1.165) is 18.4 Å². The Labute approximate surface area is 189 Å². The van der Waals surface area contributed by atoms with Crippen LogP contribution in [0.25, 0.3) is 0 Å². The van der Waals surface area contributed by atoms with E-state index in [1.165, 1.54) is 28.6 Å². The Balaban J connectivity index is 1.53. The molecular weight excluding hydrogens is 430 g/mol. The minimum absolute atomic E-state index is 0.143. The Morgan fingerprint density at radius 1 is 0.969 bits per heavy atom. The molecule has 0 unspecified atom stereocenters. The van der Waals surface area contributed by atoms with E-state index in [1.54, 1.807) is 6.07 Å². The Bertz CT molecular complexity index is 1070. The third-order valence-corrected chi connectivity index (χ3v) is 7.10. The maximum atomic E-state index is 12.6. The van der Waals surface area contributed by atoms with Crippen LogP contribution in [0.3, 0.4) is 0 Å². The van der Waals surface area contributed by atoms with Crippen LogP contribution in [0.5, 0.6) is 5.75 Å². The quantitative estimate of drug-likeness (QED) is 0.646. The highest BCUT2D eigenvalue weighted by atomic mass is 32.2. The summed E-state index contributed by atoms with van der Waals surface area (Å²) < 4.78 is 32.2. The molecule has 1 heterocycles. The van der Waals surface area contributed by atoms with Crippen molar-refractivity contribution in [2.45, 2.75) is 43.9 Å². The average molecular weight is 460 g/mol. The van der Waals surface area contributed by atoms with Gasteiger partial charge in [-0.2, -0.15) is 4.31 Å². The first-order valence-corrected chi connectivity index (χ1v) is 11.9. The Morgan fingerprint density at radius 2 is 1.59 bits per heavy atom. The molecule has 0 spiro atoms. The zero-order valence-corrected chi connectivity index (χ0v) is 19.4. The summed E-state index contributed by atoms with van der Waals surface area (Å²) in [7, 11) is -3.54. The summed E-state index contributed by atoms with van der Waals surface area (Å²) in [4.78, 5) is 24.6. The van der Waals surface area contributed by atoms with Gasteiger partial charge in [-0.25, -0.2) is 8.42 Å². The number of hydrazine groups is 1. The normalized spacial score (nSPS) is 14.7. The first-order valence-electron chi connectivity index (χ1n) is 10.5. The lowest BCUT2D eigenvalue weighted by atomic mass is 9.86. The number of sulfonamides is 1. The fourth-order valence-electron chi connectivity index (χ4n) is 3.45. The molecule has 172 valence electrons. The predicted octanol–water partition coefficient (Wildman–Crippen LogP) is 2.61. The van der Waals surface area contributed by atoms with Gasteiger partial charge in [0.25, 0.3) is 11.8 Å². The van der Waals surface area contributed by atoms with Crippen molar-refractivity contribution in [3.05, 3.63) is 59.7 Å². The number of amides is 2. The summed E-state index contributed by atoms with van der Waals surface area (Å²) in [6, 6.07) is 13.1. The van der Waals surface area contributed by atoms with Crippen LogP contribution >= 0.6 is 0 Å². The van der Waals surface area contributed by atoms with E-state index in [-0.39, 0.29) is 22.5 Å². The van der Waals surface area contributed by atoms with Gasteiger partial charge >= 0.3 is 0 Å². The first-order chi connectivity index (χ1) is 15.1. The van der Waals surface area contributed by atoms with Crippen LogP contribution in [0, 0.1) is 0 Å². The summed E-state index contributed by atoms with van der Waals surface area (Å²) in [5.74, 6) is -0.467. The number of ether oxygens (including phenoxy) is 1. The predicted molar refractivity (Wildman–Crippen MR) is 121 cm³/mol. The lowest BCUT2D eigenvalue weighted by molar-refractivity contribution is -0.123. The van der Waals surface area contributed by atoms with Crippen LogP contribution < -0.4 is 15.6 Å². The van der Waals surface area contributed by atoms with Crippen LogP contribution in [0.4, 0.5) is 0 Å². The molecule has 0 radical (unpaired) electrons. The van der Waals surface area contributed by atoms with Crippen molar-refractivity contribution in [3.63, 3.8) is 0 Å². The number of nitrogens with one attached hydrogen (secondary N) is 2. The Hall–Kier alpha value is -2.91. The monoisotopic (exact) mass is 459 g/mol. The summed E-state index contributed by atoms with van der Waals surface area (Å²) in [5.41, 5.74) is 5.68. The maximum Gasteiger partial charge on any atom is 0.276 e.